The Hall–Kier alpha value is -6.12. The van der Waals surface area contributed by atoms with Crippen LogP contribution in [0.4, 0.5) is 0 Å². The summed E-state index contributed by atoms with van der Waals surface area (Å²) in [5, 5.41) is 7.55. The fourth-order valence-electron chi connectivity index (χ4n) is 8.47. The van der Waals surface area contributed by atoms with E-state index in [4.69, 9.17) is 4.42 Å². The first-order valence-electron chi connectivity index (χ1n) is 16.8. The lowest BCUT2D eigenvalue weighted by molar-refractivity contribution is 0.669. The Labute approximate surface area is 277 Å². The van der Waals surface area contributed by atoms with Gasteiger partial charge in [0.05, 0.1) is 11.0 Å². The third-order valence-corrected chi connectivity index (χ3v) is 10.6. The summed E-state index contributed by atoms with van der Waals surface area (Å²) in [4.78, 5) is 0. The van der Waals surface area contributed by atoms with Crippen molar-refractivity contribution in [2.45, 2.75) is 12.8 Å². The second kappa shape index (κ2) is 9.70. The molecule has 224 valence electrons. The van der Waals surface area contributed by atoms with Gasteiger partial charge in [0.15, 0.2) is 0 Å². The minimum absolute atomic E-state index is 0.937. The molecule has 0 saturated heterocycles. The van der Waals surface area contributed by atoms with Crippen molar-refractivity contribution < 1.29 is 4.42 Å². The van der Waals surface area contributed by atoms with Gasteiger partial charge in [0.25, 0.3) is 0 Å². The molecule has 48 heavy (non-hydrogen) atoms. The zero-order valence-corrected chi connectivity index (χ0v) is 26.2. The van der Waals surface area contributed by atoms with Crippen molar-refractivity contribution in [1.29, 1.82) is 0 Å². The maximum absolute atomic E-state index is 6.57. The van der Waals surface area contributed by atoms with Crippen molar-refractivity contribution in [1.82, 2.24) is 4.57 Å². The van der Waals surface area contributed by atoms with Crippen LogP contribution in [0.3, 0.4) is 0 Å². The molecule has 9 aromatic rings. The van der Waals surface area contributed by atoms with Crippen LogP contribution in [-0.4, -0.2) is 4.57 Å². The Bertz CT molecular complexity index is 2880. The van der Waals surface area contributed by atoms with Crippen LogP contribution in [0.25, 0.3) is 93.6 Å². The highest BCUT2D eigenvalue weighted by atomic mass is 16.3. The van der Waals surface area contributed by atoms with E-state index < -0.39 is 0 Å². The van der Waals surface area contributed by atoms with Gasteiger partial charge in [-0.15, -0.1) is 0 Å². The van der Waals surface area contributed by atoms with E-state index in [0.717, 1.165) is 29.7 Å². The molecule has 2 aliphatic rings. The molecule has 0 fully saturated rings. The number of rotatable bonds is 3. The van der Waals surface area contributed by atoms with Gasteiger partial charge in [0.1, 0.15) is 11.2 Å². The lowest BCUT2D eigenvalue weighted by Crippen LogP contribution is -1.94. The van der Waals surface area contributed by atoms with E-state index in [9.17, 15) is 0 Å². The highest BCUT2D eigenvalue weighted by Gasteiger charge is 2.27. The topological polar surface area (TPSA) is 18.1 Å². The molecule has 11 rings (SSSR count). The zero-order valence-electron chi connectivity index (χ0n) is 26.2. The van der Waals surface area contributed by atoms with Crippen LogP contribution < -0.4 is 0 Å². The highest BCUT2D eigenvalue weighted by Crippen LogP contribution is 2.50. The standard InChI is InChI=1S/C46H29NO/c1-2-10-28(11-3-1)29-12-8-13-32(24-29)47-41-19-7-6-16-35(41)38-25-30(20-22-42(38)47)31-21-23-43-40(26-31)46-37-18-9-17-36-33-14-4-5-15-34(33)39(45(36)37)27-44(46)48-43/h1-4,6-14,16-27H,5,15H2. The molecule has 2 nitrogen and oxygen atoms in total. The summed E-state index contributed by atoms with van der Waals surface area (Å²) in [6, 6.07) is 50.9. The number of fused-ring (bicyclic) bond motifs is 9. The SMILES string of the molecule is C1=CC2=C(CC1)c1cc3oc4ccc(-c5ccc6c(c5)c5ccccc5n6-c5cccc(-c6ccccc6)c5)cc4c3c3cccc2c13. The van der Waals surface area contributed by atoms with Crippen LogP contribution in [0.1, 0.15) is 24.0 Å². The van der Waals surface area contributed by atoms with Crippen molar-refractivity contribution >= 4 is 65.7 Å². The van der Waals surface area contributed by atoms with E-state index >= 15 is 0 Å². The first-order valence-corrected chi connectivity index (χ1v) is 16.8. The molecule has 0 saturated carbocycles. The molecule has 0 unspecified atom stereocenters. The maximum Gasteiger partial charge on any atom is 0.136 e. The Balaban J connectivity index is 1.09. The van der Waals surface area contributed by atoms with Gasteiger partial charge in [-0.3, -0.25) is 0 Å². The molecular formula is C46H29NO. The largest absolute Gasteiger partial charge is 0.456 e. The quantitative estimate of drug-likeness (QED) is 0.194. The van der Waals surface area contributed by atoms with Gasteiger partial charge in [-0.2, -0.15) is 0 Å². The summed E-state index contributed by atoms with van der Waals surface area (Å²) in [7, 11) is 0. The Morgan fingerprint density at radius 3 is 2.17 bits per heavy atom. The lowest BCUT2D eigenvalue weighted by Gasteiger charge is -2.11. The summed E-state index contributed by atoms with van der Waals surface area (Å²) >= 11 is 0. The van der Waals surface area contributed by atoms with E-state index in [-0.39, 0.29) is 0 Å². The van der Waals surface area contributed by atoms with Gasteiger partial charge in [-0.25, -0.2) is 0 Å². The second-order valence-electron chi connectivity index (χ2n) is 13.2. The lowest BCUT2D eigenvalue weighted by atomic mass is 9.94. The van der Waals surface area contributed by atoms with Gasteiger partial charge in [-0.1, -0.05) is 103 Å². The number of furan rings is 1. The van der Waals surface area contributed by atoms with Crippen molar-refractivity contribution in [3.63, 3.8) is 0 Å². The number of allylic oxidation sites excluding steroid dienone is 4. The van der Waals surface area contributed by atoms with Gasteiger partial charge >= 0.3 is 0 Å². The average molecular weight is 612 g/mol. The van der Waals surface area contributed by atoms with Crippen LogP contribution in [0, 0.1) is 0 Å². The van der Waals surface area contributed by atoms with Gasteiger partial charge < -0.3 is 8.98 Å². The van der Waals surface area contributed by atoms with Crippen molar-refractivity contribution in [3.05, 3.63) is 163 Å². The third kappa shape index (κ3) is 3.57. The predicted molar refractivity (Wildman–Crippen MR) is 202 cm³/mol. The molecule has 2 aliphatic carbocycles. The molecular weight excluding hydrogens is 583 g/mol. The normalized spacial score (nSPS) is 13.9. The fraction of sp³-hybridized carbons (Fsp3) is 0.0435. The summed E-state index contributed by atoms with van der Waals surface area (Å²) in [5.41, 5.74) is 15.9. The number of hydrogen-bond acceptors (Lipinski definition) is 1. The van der Waals surface area contributed by atoms with Crippen LogP contribution in [-0.2, 0) is 0 Å². The van der Waals surface area contributed by atoms with Crippen LogP contribution in [0.15, 0.2) is 156 Å². The highest BCUT2D eigenvalue weighted by molar-refractivity contribution is 6.27. The Morgan fingerprint density at radius 1 is 0.479 bits per heavy atom. The molecule has 7 aromatic carbocycles. The predicted octanol–water partition coefficient (Wildman–Crippen LogP) is 12.7. The van der Waals surface area contributed by atoms with Gasteiger partial charge in [0.2, 0.25) is 0 Å². The Kier molecular flexibility index (Phi) is 5.25. The van der Waals surface area contributed by atoms with E-state index in [1.165, 1.54) is 87.9 Å². The third-order valence-electron chi connectivity index (χ3n) is 10.6. The monoisotopic (exact) mass is 611 g/mol. The summed E-state index contributed by atoms with van der Waals surface area (Å²) < 4.78 is 8.98. The maximum atomic E-state index is 6.57. The molecule has 0 amide bonds. The smallest absolute Gasteiger partial charge is 0.136 e. The van der Waals surface area contributed by atoms with Crippen molar-refractivity contribution in [2.75, 3.05) is 0 Å². The first kappa shape index (κ1) is 26.0. The molecule has 2 aromatic heterocycles. The molecule has 0 aliphatic heterocycles. The molecule has 2 heterocycles. The van der Waals surface area contributed by atoms with E-state index in [2.05, 4.69) is 156 Å². The number of aromatic nitrogens is 1. The number of para-hydroxylation sites is 1. The van der Waals surface area contributed by atoms with Gasteiger partial charge in [0, 0.05) is 27.2 Å². The first-order chi connectivity index (χ1) is 23.8. The van der Waals surface area contributed by atoms with Crippen LogP contribution in [0.5, 0.6) is 0 Å². The fourth-order valence-corrected chi connectivity index (χ4v) is 8.47. The summed E-state index contributed by atoms with van der Waals surface area (Å²) in [5.74, 6) is 0. The average Bonchev–Trinajstić information content (AvgIpc) is 3.80. The second-order valence-corrected chi connectivity index (χ2v) is 13.2. The van der Waals surface area contributed by atoms with Crippen molar-refractivity contribution in [3.8, 4) is 27.9 Å². The zero-order chi connectivity index (χ0) is 31.3. The molecule has 2 heteroatoms. The number of benzene rings is 7. The molecule has 0 bridgehead atoms. The molecule has 0 N–H and O–H groups in total. The van der Waals surface area contributed by atoms with Crippen LogP contribution >= 0.6 is 0 Å². The van der Waals surface area contributed by atoms with E-state index in [1.807, 2.05) is 0 Å². The molecule has 0 radical (unpaired) electrons. The Morgan fingerprint density at radius 2 is 1.23 bits per heavy atom. The minimum Gasteiger partial charge on any atom is -0.456 e. The number of hydrogen-bond donors (Lipinski definition) is 0. The number of nitrogens with zero attached hydrogens (tertiary/aromatic N) is 1. The molecule has 0 spiro atoms. The van der Waals surface area contributed by atoms with Crippen LogP contribution in [0.2, 0.25) is 0 Å². The van der Waals surface area contributed by atoms with Gasteiger partial charge in [-0.05, 0) is 117 Å². The minimum atomic E-state index is 0.937. The van der Waals surface area contributed by atoms with Crippen molar-refractivity contribution in [2.24, 2.45) is 0 Å². The summed E-state index contributed by atoms with van der Waals surface area (Å²) in [6.07, 6.45) is 6.81. The summed E-state index contributed by atoms with van der Waals surface area (Å²) in [6.45, 7) is 0. The molecule has 0 atom stereocenters. The van der Waals surface area contributed by atoms with E-state index in [1.54, 1.807) is 0 Å². The van der Waals surface area contributed by atoms with E-state index in [0.29, 0.717) is 0 Å².